The smallest absolute Gasteiger partial charge is 0.167 e. The number of rotatable bonds is 4. The first-order valence-corrected chi connectivity index (χ1v) is 5.43. The molecule has 2 N–H and O–H groups in total. The van der Waals surface area contributed by atoms with Crippen LogP contribution in [0.1, 0.15) is 5.82 Å². The van der Waals surface area contributed by atoms with E-state index in [2.05, 4.69) is 4.98 Å². The van der Waals surface area contributed by atoms with Crippen LogP contribution in [0.3, 0.4) is 0 Å². The lowest BCUT2D eigenvalue weighted by Crippen LogP contribution is -2.10. The molecule has 0 aliphatic heterocycles. The molecule has 4 nitrogen and oxygen atoms in total. The van der Waals surface area contributed by atoms with Crippen LogP contribution >= 0.6 is 0 Å². The zero-order valence-electron chi connectivity index (χ0n) is 9.86. The van der Waals surface area contributed by atoms with Gasteiger partial charge >= 0.3 is 0 Å². The average Bonchev–Trinajstić information content (AvgIpc) is 2.72. The fourth-order valence-electron chi connectivity index (χ4n) is 1.55. The van der Waals surface area contributed by atoms with Gasteiger partial charge in [-0.15, -0.1) is 0 Å². The lowest BCUT2D eigenvalue weighted by molar-refractivity contribution is 0.282. The van der Waals surface area contributed by atoms with E-state index in [1.807, 2.05) is 11.5 Å². The van der Waals surface area contributed by atoms with Crippen LogP contribution in [0.25, 0.3) is 0 Å². The van der Waals surface area contributed by atoms with Crippen LogP contribution < -0.4 is 10.5 Å². The minimum absolute atomic E-state index is 0.139. The van der Waals surface area contributed by atoms with E-state index in [4.69, 9.17) is 10.5 Å². The Hall–Kier alpha value is -2.11. The molecule has 0 amide bonds. The second-order valence-electron chi connectivity index (χ2n) is 3.82. The number of imidazole rings is 1. The number of aryl methyl sites for hydroxylation is 1. The van der Waals surface area contributed by atoms with Gasteiger partial charge in [-0.1, -0.05) is 0 Å². The zero-order chi connectivity index (χ0) is 13.1. The molecule has 0 aliphatic rings. The van der Waals surface area contributed by atoms with E-state index < -0.39 is 11.6 Å². The number of halogens is 2. The predicted molar refractivity (Wildman–Crippen MR) is 63.2 cm³/mol. The highest BCUT2D eigenvalue weighted by molar-refractivity contribution is 5.44. The topological polar surface area (TPSA) is 53.1 Å². The summed E-state index contributed by atoms with van der Waals surface area (Å²) in [7, 11) is 0. The molecule has 2 rings (SSSR count). The quantitative estimate of drug-likeness (QED) is 0.849. The summed E-state index contributed by atoms with van der Waals surface area (Å²) in [5.74, 6) is -0.663. The lowest BCUT2D eigenvalue weighted by Gasteiger charge is -2.09. The van der Waals surface area contributed by atoms with Gasteiger partial charge < -0.3 is 15.0 Å². The molecule has 18 heavy (non-hydrogen) atoms. The van der Waals surface area contributed by atoms with Gasteiger partial charge in [0.1, 0.15) is 18.2 Å². The Balaban J connectivity index is 1.99. The number of benzene rings is 1. The summed E-state index contributed by atoms with van der Waals surface area (Å²) >= 11 is 0. The van der Waals surface area contributed by atoms with Crippen LogP contribution in [0, 0.1) is 18.6 Å². The predicted octanol–water partition coefficient (Wildman–Crippen LogP) is 2.13. The van der Waals surface area contributed by atoms with Crippen LogP contribution in [-0.2, 0) is 6.54 Å². The molecule has 0 spiro atoms. The molecular weight excluding hydrogens is 240 g/mol. The Labute approximate surface area is 103 Å². The number of nitrogens with zero attached hydrogens (tertiary/aromatic N) is 2. The summed E-state index contributed by atoms with van der Waals surface area (Å²) < 4.78 is 33.6. The summed E-state index contributed by atoms with van der Waals surface area (Å²) in [6, 6.07) is 1.86. The fourth-order valence-corrected chi connectivity index (χ4v) is 1.55. The van der Waals surface area contributed by atoms with Crippen LogP contribution in [0.4, 0.5) is 14.5 Å². The van der Waals surface area contributed by atoms with Crippen LogP contribution in [0.2, 0.25) is 0 Å². The molecule has 0 aliphatic carbocycles. The van der Waals surface area contributed by atoms with Crippen molar-refractivity contribution in [3.63, 3.8) is 0 Å². The van der Waals surface area contributed by atoms with E-state index >= 15 is 0 Å². The summed E-state index contributed by atoms with van der Waals surface area (Å²) in [5.41, 5.74) is 5.00. The Kier molecular flexibility index (Phi) is 3.45. The molecule has 1 aromatic heterocycles. The number of nitrogen functional groups attached to an aromatic ring is 1. The molecule has 6 heteroatoms. The molecule has 0 radical (unpaired) electrons. The lowest BCUT2D eigenvalue weighted by atomic mass is 10.3. The first-order valence-electron chi connectivity index (χ1n) is 5.43. The number of anilines is 1. The minimum Gasteiger partial charge on any atom is -0.489 e. The van der Waals surface area contributed by atoms with Gasteiger partial charge in [-0.2, -0.15) is 0 Å². The Morgan fingerprint density at radius 3 is 2.78 bits per heavy atom. The van der Waals surface area contributed by atoms with Crippen molar-refractivity contribution in [2.24, 2.45) is 0 Å². The largest absolute Gasteiger partial charge is 0.489 e. The Bertz CT molecular complexity index is 554. The molecule has 0 fully saturated rings. The van der Waals surface area contributed by atoms with Crippen molar-refractivity contribution in [2.45, 2.75) is 13.5 Å². The third-order valence-corrected chi connectivity index (χ3v) is 2.56. The number of hydrogen-bond acceptors (Lipinski definition) is 3. The summed E-state index contributed by atoms with van der Waals surface area (Å²) in [5, 5.41) is 0. The van der Waals surface area contributed by atoms with Crippen molar-refractivity contribution in [3.8, 4) is 5.75 Å². The van der Waals surface area contributed by atoms with Gasteiger partial charge in [-0.25, -0.2) is 13.8 Å². The van der Waals surface area contributed by atoms with Gasteiger partial charge in [0.05, 0.1) is 12.2 Å². The van der Waals surface area contributed by atoms with Crippen LogP contribution in [-0.4, -0.2) is 16.2 Å². The molecule has 1 heterocycles. The highest BCUT2D eigenvalue weighted by atomic mass is 19.1. The van der Waals surface area contributed by atoms with Crippen molar-refractivity contribution in [1.82, 2.24) is 9.55 Å². The third-order valence-electron chi connectivity index (χ3n) is 2.56. The highest BCUT2D eigenvalue weighted by Gasteiger charge is 2.09. The molecule has 0 unspecified atom stereocenters. The molecule has 1 aromatic carbocycles. The SMILES string of the molecule is Cc1nccn1CCOc1cc(F)c(N)cc1F. The maximum atomic E-state index is 13.4. The monoisotopic (exact) mass is 253 g/mol. The Morgan fingerprint density at radius 2 is 2.11 bits per heavy atom. The number of hydrogen-bond donors (Lipinski definition) is 1. The summed E-state index contributed by atoms with van der Waals surface area (Å²) in [4.78, 5) is 4.04. The van der Waals surface area contributed by atoms with Gasteiger partial charge in [0, 0.05) is 24.5 Å². The molecular formula is C12H13F2N3O. The van der Waals surface area contributed by atoms with Crippen molar-refractivity contribution in [1.29, 1.82) is 0 Å². The van der Waals surface area contributed by atoms with Gasteiger partial charge in [0.15, 0.2) is 11.6 Å². The first kappa shape index (κ1) is 12.3. The van der Waals surface area contributed by atoms with Gasteiger partial charge in [0.25, 0.3) is 0 Å². The average molecular weight is 253 g/mol. The maximum absolute atomic E-state index is 13.4. The number of nitrogens with two attached hydrogens (primary N) is 1. The normalized spacial score (nSPS) is 10.6. The molecule has 0 atom stereocenters. The van der Waals surface area contributed by atoms with E-state index in [0.29, 0.717) is 6.54 Å². The molecule has 2 aromatic rings. The second-order valence-corrected chi connectivity index (χ2v) is 3.82. The standard InChI is InChI=1S/C12H13F2N3O/c1-8-16-2-3-17(8)4-5-18-12-7-9(13)11(15)6-10(12)14/h2-3,6-7H,4-5,15H2,1H3. The Morgan fingerprint density at radius 1 is 1.33 bits per heavy atom. The van der Waals surface area contributed by atoms with E-state index in [9.17, 15) is 8.78 Å². The molecule has 0 saturated carbocycles. The molecule has 0 bridgehead atoms. The van der Waals surface area contributed by atoms with Gasteiger partial charge in [-0.3, -0.25) is 0 Å². The van der Waals surface area contributed by atoms with Crippen molar-refractivity contribution >= 4 is 5.69 Å². The van der Waals surface area contributed by atoms with Crippen LogP contribution in [0.5, 0.6) is 5.75 Å². The fraction of sp³-hybridized carbons (Fsp3) is 0.250. The maximum Gasteiger partial charge on any atom is 0.167 e. The van der Waals surface area contributed by atoms with E-state index in [-0.39, 0.29) is 18.0 Å². The van der Waals surface area contributed by atoms with Crippen molar-refractivity contribution in [3.05, 3.63) is 42.0 Å². The van der Waals surface area contributed by atoms with E-state index in [1.54, 1.807) is 12.4 Å². The highest BCUT2D eigenvalue weighted by Crippen LogP contribution is 2.22. The third kappa shape index (κ3) is 2.58. The van der Waals surface area contributed by atoms with Gasteiger partial charge in [0.2, 0.25) is 0 Å². The molecule has 0 saturated heterocycles. The van der Waals surface area contributed by atoms with Crippen LogP contribution in [0.15, 0.2) is 24.5 Å². The second kappa shape index (κ2) is 5.03. The van der Waals surface area contributed by atoms with Gasteiger partial charge in [-0.05, 0) is 6.92 Å². The zero-order valence-corrected chi connectivity index (χ0v) is 9.86. The molecule has 96 valence electrons. The summed E-state index contributed by atoms with van der Waals surface area (Å²) in [6.45, 7) is 2.58. The van der Waals surface area contributed by atoms with Crippen molar-refractivity contribution < 1.29 is 13.5 Å². The number of ether oxygens (including phenoxy) is 1. The van der Waals surface area contributed by atoms with E-state index in [0.717, 1.165) is 18.0 Å². The number of aromatic nitrogens is 2. The minimum atomic E-state index is -0.690. The van der Waals surface area contributed by atoms with E-state index in [1.165, 1.54) is 0 Å². The van der Waals surface area contributed by atoms with Crippen molar-refractivity contribution in [2.75, 3.05) is 12.3 Å². The first-order chi connectivity index (χ1) is 8.58. The summed E-state index contributed by atoms with van der Waals surface area (Å²) in [6.07, 6.45) is 3.46.